The van der Waals surface area contributed by atoms with Crippen molar-refractivity contribution >= 4 is 35.2 Å². The molecule has 0 aromatic heterocycles. The maximum absolute atomic E-state index is 12.0. The highest BCUT2D eigenvalue weighted by Gasteiger charge is 2.38. The lowest BCUT2D eigenvalue weighted by atomic mass is 10.3. The zero-order chi connectivity index (χ0) is 19.7. The first-order chi connectivity index (χ1) is 12.7. The van der Waals surface area contributed by atoms with Crippen LogP contribution in [-0.2, 0) is 8.54 Å². The monoisotopic (exact) mass is 405 g/mol. The zero-order valence-corrected chi connectivity index (χ0v) is 15.9. The second-order valence-corrected chi connectivity index (χ2v) is 9.93. The molecule has 7 nitrogen and oxygen atoms in total. The summed E-state index contributed by atoms with van der Waals surface area (Å²) in [6.45, 7) is 0. The Morgan fingerprint density at radius 3 is 1.11 bits per heavy atom. The van der Waals surface area contributed by atoms with Gasteiger partial charge in [-0.1, -0.05) is 0 Å². The second-order valence-electron chi connectivity index (χ2n) is 5.83. The SMILES string of the molecule is Nc1ccc(S(OP(=O)(O)O)(c2ccc(N)cc2)c2ccc(N)cc2)cc1. The van der Waals surface area contributed by atoms with Crippen LogP contribution in [0, 0.1) is 0 Å². The first-order valence-electron chi connectivity index (χ1n) is 7.87. The van der Waals surface area contributed by atoms with E-state index in [1.54, 1.807) is 72.8 Å². The Morgan fingerprint density at radius 1 is 0.630 bits per heavy atom. The van der Waals surface area contributed by atoms with Gasteiger partial charge in [0.2, 0.25) is 0 Å². The molecule has 0 heterocycles. The Balaban J connectivity index is 2.36. The van der Waals surface area contributed by atoms with Crippen LogP contribution in [-0.4, -0.2) is 9.79 Å². The smallest absolute Gasteiger partial charge is 0.399 e. The van der Waals surface area contributed by atoms with E-state index in [-0.39, 0.29) is 0 Å². The predicted molar refractivity (Wildman–Crippen MR) is 108 cm³/mol. The molecule has 8 N–H and O–H groups in total. The number of hydrogen-bond donors (Lipinski definition) is 5. The molecule has 0 amide bonds. The Labute approximate surface area is 158 Å². The highest BCUT2D eigenvalue weighted by molar-refractivity contribution is 8.31. The summed E-state index contributed by atoms with van der Waals surface area (Å²) in [6.07, 6.45) is 0. The van der Waals surface area contributed by atoms with Crippen LogP contribution in [0.1, 0.15) is 0 Å². The lowest BCUT2D eigenvalue weighted by molar-refractivity contribution is 0.294. The molecule has 0 radical (unpaired) electrons. The maximum Gasteiger partial charge on any atom is 0.480 e. The van der Waals surface area contributed by atoms with E-state index in [2.05, 4.69) is 0 Å². The lowest BCUT2D eigenvalue weighted by Gasteiger charge is -2.40. The fraction of sp³-hybridized carbons (Fsp3) is 0. The summed E-state index contributed by atoms with van der Waals surface area (Å²) >= 11 is 0. The van der Waals surface area contributed by atoms with Crippen LogP contribution in [0.5, 0.6) is 0 Å². The molecule has 27 heavy (non-hydrogen) atoms. The van der Waals surface area contributed by atoms with Crippen molar-refractivity contribution in [1.29, 1.82) is 0 Å². The molecule has 0 fully saturated rings. The van der Waals surface area contributed by atoms with E-state index >= 15 is 0 Å². The number of nitrogen functional groups attached to an aromatic ring is 3. The summed E-state index contributed by atoms with van der Waals surface area (Å²) in [7, 11) is -7.65. The van der Waals surface area contributed by atoms with Crippen molar-refractivity contribution in [1.82, 2.24) is 0 Å². The Hall–Kier alpha value is -2.48. The molecular formula is C18H20N3O4PS. The van der Waals surface area contributed by atoms with Gasteiger partial charge in [0.1, 0.15) is 0 Å². The summed E-state index contributed by atoms with van der Waals surface area (Å²) in [4.78, 5) is 21.2. The van der Waals surface area contributed by atoms with Crippen molar-refractivity contribution < 1.29 is 18.3 Å². The molecule has 3 aromatic carbocycles. The van der Waals surface area contributed by atoms with Crippen LogP contribution in [0.15, 0.2) is 87.5 Å². The summed E-state index contributed by atoms with van der Waals surface area (Å²) in [5, 5.41) is 0. The van der Waals surface area contributed by atoms with E-state index in [1.165, 1.54) is 0 Å². The van der Waals surface area contributed by atoms with Gasteiger partial charge in [-0.05, 0) is 83.1 Å². The largest absolute Gasteiger partial charge is 0.480 e. The molecule has 0 aliphatic rings. The number of anilines is 3. The first kappa shape index (κ1) is 19.3. The van der Waals surface area contributed by atoms with Crippen molar-refractivity contribution in [2.75, 3.05) is 17.2 Å². The molecule has 142 valence electrons. The predicted octanol–water partition coefficient (Wildman–Crippen LogP) is 3.74. The summed E-state index contributed by atoms with van der Waals surface area (Å²) in [5.41, 5.74) is 19.0. The van der Waals surface area contributed by atoms with E-state index in [1.807, 2.05) is 0 Å². The minimum absolute atomic E-state index is 0.526. The van der Waals surface area contributed by atoms with Gasteiger partial charge < -0.3 is 27.0 Å². The standard InChI is InChI=1S/C18H20N3O4PS/c19-13-1-7-16(8-2-13)27(25-26(22,23)24,17-9-3-14(20)4-10-17)18-11-5-15(21)6-12-18/h1-12H,19-21H2,(H2,22,23,24). The average Bonchev–Trinajstić information content (AvgIpc) is 2.61. The zero-order valence-electron chi connectivity index (χ0n) is 14.2. The fourth-order valence-electron chi connectivity index (χ4n) is 2.66. The Morgan fingerprint density at radius 2 is 0.889 bits per heavy atom. The third kappa shape index (κ3) is 4.10. The van der Waals surface area contributed by atoms with Gasteiger partial charge in [0.05, 0.1) is 0 Å². The number of hydrogen-bond acceptors (Lipinski definition) is 5. The molecule has 0 unspecified atom stereocenters. The van der Waals surface area contributed by atoms with E-state index in [0.717, 1.165) is 0 Å². The van der Waals surface area contributed by atoms with E-state index in [9.17, 15) is 14.4 Å². The van der Waals surface area contributed by atoms with Crippen LogP contribution in [0.2, 0.25) is 0 Å². The highest BCUT2D eigenvalue weighted by atomic mass is 32.3. The topological polar surface area (TPSA) is 145 Å². The third-order valence-corrected chi connectivity index (χ3v) is 8.32. The van der Waals surface area contributed by atoms with Crippen molar-refractivity contribution in [2.24, 2.45) is 0 Å². The van der Waals surface area contributed by atoms with Gasteiger partial charge in [-0.2, -0.15) is 0 Å². The van der Waals surface area contributed by atoms with Crippen molar-refractivity contribution in [3.8, 4) is 0 Å². The summed E-state index contributed by atoms with van der Waals surface area (Å²) in [6, 6.07) is 20.2. The van der Waals surface area contributed by atoms with Gasteiger partial charge in [-0.15, -0.1) is 0 Å². The number of rotatable bonds is 5. The van der Waals surface area contributed by atoms with Crippen LogP contribution in [0.4, 0.5) is 17.1 Å². The summed E-state index contributed by atoms with van der Waals surface area (Å²) < 4.78 is 17.5. The van der Waals surface area contributed by atoms with Gasteiger partial charge in [-0.3, -0.25) is 0 Å². The number of phosphoric acid groups is 1. The van der Waals surface area contributed by atoms with E-state index < -0.39 is 18.1 Å². The molecule has 0 aliphatic carbocycles. The van der Waals surface area contributed by atoms with Crippen LogP contribution < -0.4 is 17.2 Å². The summed E-state index contributed by atoms with van der Waals surface area (Å²) in [5.74, 6) is 0. The fourth-order valence-corrected chi connectivity index (χ4v) is 7.23. The van der Waals surface area contributed by atoms with Gasteiger partial charge in [0, 0.05) is 31.7 Å². The Bertz CT molecular complexity index is 862. The highest BCUT2D eigenvalue weighted by Crippen LogP contribution is 2.74. The third-order valence-electron chi connectivity index (χ3n) is 3.84. The first-order valence-corrected chi connectivity index (χ1v) is 11.0. The normalized spacial score (nSPS) is 12.7. The molecule has 9 heteroatoms. The molecule has 0 saturated heterocycles. The minimum atomic E-state index is -4.88. The van der Waals surface area contributed by atoms with Crippen LogP contribution in [0.3, 0.4) is 0 Å². The average molecular weight is 405 g/mol. The number of benzene rings is 3. The van der Waals surface area contributed by atoms with Crippen molar-refractivity contribution in [2.45, 2.75) is 14.7 Å². The van der Waals surface area contributed by atoms with E-state index in [0.29, 0.717) is 31.7 Å². The van der Waals surface area contributed by atoms with Gasteiger partial charge in [0.15, 0.2) is 0 Å². The van der Waals surface area contributed by atoms with Gasteiger partial charge >= 0.3 is 7.82 Å². The van der Waals surface area contributed by atoms with Crippen LogP contribution in [0.25, 0.3) is 0 Å². The molecule has 0 aliphatic heterocycles. The van der Waals surface area contributed by atoms with E-state index in [4.69, 9.17) is 21.2 Å². The molecule has 3 rings (SSSR count). The molecule has 0 bridgehead atoms. The second kappa shape index (κ2) is 7.26. The lowest BCUT2D eigenvalue weighted by Crippen LogP contribution is -2.07. The van der Waals surface area contributed by atoms with Crippen LogP contribution >= 0.6 is 18.1 Å². The minimum Gasteiger partial charge on any atom is -0.399 e. The maximum atomic E-state index is 12.0. The van der Waals surface area contributed by atoms with Crippen molar-refractivity contribution in [3.05, 3.63) is 72.8 Å². The molecule has 0 spiro atoms. The molecule has 3 aromatic rings. The Kier molecular flexibility index (Phi) is 5.19. The molecular weight excluding hydrogens is 385 g/mol. The van der Waals surface area contributed by atoms with Gasteiger partial charge in [-0.25, -0.2) is 8.54 Å². The van der Waals surface area contributed by atoms with Crippen molar-refractivity contribution in [3.63, 3.8) is 0 Å². The number of nitrogens with two attached hydrogens (primary N) is 3. The van der Waals surface area contributed by atoms with Gasteiger partial charge in [0.25, 0.3) is 0 Å². The molecule has 0 atom stereocenters. The quantitative estimate of drug-likeness (QED) is 0.321. The molecule has 0 saturated carbocycles.